The summed E-state index contributed by atoms with van der Waals surface area (Å²) in [6.07, 6.45) is -0.924. The number of hydrogen-bond acceptors (Lipinski definition) is 6. The Labute approximate surface area is 114 Å². The van der Waals surface area contributed by atoms with Gasteiger partial charge in [0.25, 0.3) is 5.91 Å². The van der Waals surface area contributed by atoms with Crippen molar-refractivity contribution < 1.29 is 33.7 Å². The SMILES string of the molecule is COC(=O)NC(=O)COc1ccc(OC)cc1C(=O)O. The number of carbonyl (C=O) groups is 3. The highest BCUT2D eigenvalue weighted by molar-refractivity contribution is 5.93. The Morgan fingerprint density at radius 1 is 1.25 bits per heavy atom. The number of methoxy groups -OCH3 is 2. The molecule has 0 saturated heterocycles. The first-order valence-corrected chi connectivity index (χ1v) is 5.40. The van der Waals surface area contributed by atoms with Crippen LogP contribution in [0, 0.1) is 0 Å². The maximum atomic E-state index is 11.3. The van der Waals surface area contributed by atoms with E-state index >= 15 is 0 Å². The van der Waals surface area contributed by atoms with Gasteiger partial charge in [0.1, 0.15) is 17.1 Å². The van der Waals surface area contributed by atoms with Crippen LogP contribution in [0.4, 0.5) is 4.79 Å². The van der Waals surface area contributed by atoms with E-state index in [2.05, 4.69) is 4.74 Å². The zero-order valence-electron chi connectivity index (χ0n) is 10.8. The lowest BCUT2D eigenvalue weighted by Gasteiger charge is -2.10. The standard InChI is InChI=1S/C12H13NO7/c1-18-7-3-4-9(8(5-7)11(15)16)20-6-10(14)13-12(17)19-2/h3-5H,6H2,1-2H3,(H,15,16)(H,13,14,17). The van der Waals surface area contributed by atoms with Crippen molar-refractivity contribution in [1.82, 2.24) is 5.32 Å². The van der Waals surface area contributed by atoms with Gasteiger partial charge in [-0.3, -0.25) is 10.1 Å². The Bertz CT molecular complexity index is 527. The van der Waals surface area contributed by atoms with Crippen LogP contribution in [-0.2, 0) is 9.53 Å². The van der Waals surface area contributed by atoms with Crippen LogP contribution in [0.3, 0.4) is 0 Å². The predicted molar refractivity (Wildman–Crippen MR) is 66.0 cm³/mol. The summed E-state index contributed by atoms with van der Waals surface area (Å²) in [5, 5.41) is 10.9. The van der Waals surface area contributed by atoms with Crippen molar-refractivity contribution >= 4 is 18.0 Å². The van der Waals surface area contributed by atoms with Gasteiger partial charge in [0.05, 0.1) is 14.2 Å². The van der Waals surface area contributed by atoms with Gasteiger partial charge >= 0.3 is 12.1 Å². The predicted octanol–water partition coefficient (Wildman–Crippen LogP) is 0.655. The number of nitrogens with one attached hydrogen (secondary N) is 1. The van der Waals surface area contributed by atoms with E-state index in [1.54, 1.807) is 0 Å². The maximum Gasteiger partial charge on any atom is 0.413 e. The third-order valence-corrected chi connectivity index (χ3v) is 2.20. The largest absolute Gasteiger partial charge is 0.497 e. The minimum Gasteiger partial charge on any atom is -0.497 e. The summed E-state index contributed by atoms with van der Waals surface area (Å²) in [6.45, 7) is -0.526. The molecule has 0 fully saturated rings. The number of aromatic carboxylic acids is 1. The molecule has 0 bridgehead atoms. The highest BCUT2D eigenvalue weighted by Crippen LogP contribution is 2.24. The van der Waals surface area contributed by atoms with E-state index in [4.69, 9.17) is 14.6 Å². The molecule has 0 atom stereocenters. The molecular weight excluding hydrogens is 270 g/mol. The monoisotopic (exact) mass is 283 g/mol. The number of rotatable bonds is 5. The van der Waals surface area contributed by atoms with E-state index in [0.717, 1.165) is 7.11 Å². The summed E-state index contributed by atoms with van der Waals surface area (Å²) in [6, 6.07) is 4.10. The van der Waals surface area contributed by atoms with E-state index in [1.165, 1.54) is 25.3 Å². The van der Waals surface area contributed by atoms with Crippen LogP contribution in [0.25, 0.3) is 0 Å². The van der Waals surface area contributed by atoms with Crippen LogP contribution in [0.1, 0.15) is 10.4 Å². The van der Waals surface area contributed by atoms with Crippen LogP contribution in [0.5, 0.6) is 11.5 Å². The molecule has 1 aromatic rings. The molecule has 108 valence electrons. The van der Waals surface area contributed by atoms with Crippen molar-refractivity contribution in [2.24, 2.45) is 0 Å². The Balaban J connectivity index is 2.75. The molecule has 0 heterocycles. The molecule has 0 radical (unpaired) electrons. The molecule has 0 unspecified atom stereocenters. The first-order valence-electron chi connectivity index (χ1n) is 5.40. The zero-order valence-corrected chi connectivity index (χ0v) is 10.8. The van der Waals surface area contributed by atoms with Crippen molar-refractivity contribution in [3.63, 3.8) is 0 Å². The van der Waals surface area contributed by atoms with Crippen LogP contribution in [0.15, 0.2) is 18.2 Å². The number of carbonyl (C=O) groups excluding carboxylic acids is 2. The van der Waals surface area contributed by atoms with Gasteiger partial charge in [-0.25, -0.2) is 9.59 Å². The number of carboxylic acid groups (broad SMARTS) is 1. The molecule has 20 heavy (non-hydrogen) atoms. The van der Waals surface area contributed by atoms with Crippen LogP contribution in [0.2, 0.25) is 0 Å². The maximum absolute atomic E-state index is 11.3. The number of amides is 2. The lowest BCUT2D eigenvalue weighted by molar-refractivity contribution is -0.122. The van der Waals surface area contributed by atoms with E-state index in [9.17, 15) is 14.4 Å². The number of alkyl carbamates (subject to hydrolysis) is 1. The molecule has 0 aliphatic heterocycles. The fourth-order valence-electron chi connectivity index (χ4n) is 1.27. The Kier molecular flexibility index (Phi) is 5.33. The summed E-state index contributed by atoms with van der Waals surface area (Å²) in [5.41, 5.74) is -0.157. The van der Waals surface area contributed by atoms with E-state index in [1.807, 2.05) is 5.32 Å². The number of imide groups is 1. The summed E-state index contributed by atoms with van der Waals surface area (Å²) < 4.78 is 14.2. The van der Waals surface area contributed by atoms with Crippen molar-refractivity contribution in [1.29, 1.82) is 0 Å². The minimum absolute atomic E-state index is 0.0154. The second-order valence-corrected chi connectivity index (χ2v) is 3.50. The van der Waals surface area contributed by atoms with Crippen LogP contribution in [-0.4, -0.2) is 43.9 Å². The molecule has 0 aromatic heterocycles. The van der Waals surface area contributed by atoms with Gasteiger partial charge in [-0.15, -0.1) is 0 Å². The molecule has 0 aliphatic rings. The van der Waals surface area contributed by atoms with Crippen molar-refractivity contribution in [3.05, 3.63) is 23.8 Å². The first-order chi connectivity index (χ1) is 9.47. The van der Waals surface area contributed by atoms with Gasteiger partial charge in [-0.2, -0.15) is 0 Å². The van der Waals surface area contributed by atoms with Crippen molar-refractivity contribution in [3.8, 4) is 11.5 Å². The molecule has 1 aromatic carbocycles. The molecule has 1 rings (SSSR count). The Morgan fingerprint density at radius 3 is 2.50 bits per heavy atom. The second-order valence-electron chi connectivity index (χ2n) is 3.50. The number of hydrogen-bond donors (Lipinski definition) is 2. The van der Waals surface area contributed by atoms with Gasteiger partial charge in [-0.05, 0) is 18.2 Å². The summed E-state index contributed by atoms with van der Waals surface area (Å²) in [7, 11) is 2.50. The molecular formula is C12H13NO7. The average Bonchev–Trinajstić information content (AvgIpc) is 2.44. The van der Waals surface area contributed by atoms with Crippen LogP contribution >= 0.6 is 0 Å². The summed E-state index contributed by atoms with van der Waals surface area (Å²) in [5.74, 6) is -1.66. The van der Waals surface area contributed by atoms with E-state index in [0.29, 0.717) is 5.75 Å². The molecule has 0 aliphatic carbocycles. The quantitative estimate of drug-likeness (QED) is 0.816. The molecule has 8 nitrogen and oxygen atoms in total. The molecule has 0 saturated carbocycles. The molecule has 8 heteroatoms. The van der Waals surface area contributed by atoms with Crippen molar-refractivity contribution in [2.75, 3.05) is 20.8 Å². The van der Waals surface area contributed by atoms with E-state index < -0.39 is 24.6 Å². The van der Waals surface area contributed by atoms with Crippen LogP contribution < -0.4 is 14.8 Å². The summed E-state index contributed by atoms with van der Waals surface area (Å²) >= 11 is 0. The van der Waals surface area contributed by atoms with Gasteiger partial charge < -0.3 is 19.3 Å². The lowest BCUT2D eigenvalue weighted by Crippen LogP contribution is -2.34. The fourth-order valence-corrected chi connectivity index (χ4v) is 1.27. The third-order valence-electron chi connectivity index (χ3n) is 2.20. The molecule has 2 N–H and O–H groups in total. The highest BCUT2D eigenvalue weighted by Gasteiger charge is 2.15. The smallest absolute Gasteiger partial charge is 0.413 e. The molecule has 2 amide bonds. The molecule has 0 spiro atoms. The topological polar surface area (TPSA) is 111 Å². The lowest BCUT2D eigenvalue weighted by atomic mass is 10.2. The zero-order chi connectivity index (χ0) is 15.1. The minimum atomic E-state index is -1.23. The average molecular weight is 283 g/mol. The Morgan fingerprint density at radius 2 is 1.95 bits per heavy atom. The third kappa shape index (κ3) is 4.16. The first kappa shape index (κ1) is 15.3. The van der Waals surface area contributed by atoms with Gasteiger partial charge in [-0.1, -0.05) is 0 Å². The van der Waals surface area contributed by atoms with Gasteiger partial charge in [0, 0.05) is 0 Å². The van der Waals surface area contributed by atoms with Gasteiger partial charge in [0.15, 0.2) is 6.61 Å². The number of benzene rings is 1. The second kappa shape index (κ2) is 6.98. The highest BCUT2D eigenvalue weighted by atomic mass is 16.5. The Hall–Kier alpha value is -2.77. The summed E-state index contributed by atoms with van der Waals surface area (Å²) in [4.78, 5) is 33.1. The number of ether oxygens (including phenoxy) is 3. The fraction of sp³-hybridized carbons (Fsp3) is 0.250. The van der Waals surface area contributed by atoms with E-state index in [-0.39, 0.29) is 11.3 Å². The normalized spacial score (nSPS) is 9.50. The van der Waals surface area contributed by atoms with Gasteiger partial charge in [0.2, 0.25) is 0 Å². The number of carboxylic acids is 1. The van der Waals surface area contributed by atoms with Crippen molar-refractivity contribution in [2.45, 2.75) is 0 Å².